The van der Waals surface area contributed by atoms with Gasteiger partial charge in [0.25, 0.3) is 15.9 Å². The first-order valence-corrected chi connectivity index (χ1v) is 14.4. The minimum absolute atomic E-state index is 0.00569. The van der Waals surface area contributed by atoms with E-state index in [0.717, 1.165) is 10.1 Å². The van der Waals surface area contributed by atoms with Crippen LogP contribution < -0.4 is 18.7 Å². The van der Waals surface area contributed by atoms with E-state index < -0.39 is 22.1 Å². The topological polar surface area (TPSA) is 102 Å². The highest BCUT2D eigenvalue weighted by atomic mass is 32.2. The van der Waals surface area contributed by atoms with Gasteiger partial charge in [0, 0.05) is 11.2 Å². The molecule has 1 atom stereocenters. The van der Waals surface area contributed by atoms with Gasteiger partial charge in [0.05, 0.1) is 41.9 Å². The van der Waals surface area contributed by atoms with Crippen molar-refractivity contribution in [3.8, 4) is 11.5 Å². The van der Waals surface area contributed by atoms with Crippen LogP contribution in [0.4, 0.5) is 11.4 Å². The molecule has 0 saturated carbocycles. The Morgan fingerprint density at radius 3 is 2.49 bits per heavy atom. The summed E-state index contributed by atoms with van der Waals surface area (Å²) in [5.41, 5.74) is 1.05. The number of carbonyl (C=O) groups is 2. The fourth-order valence-corrected chi connectivity index (χ4v) is 6.93. The Kier molecular flexibility index (Phi) is 7.19. The number of sulfonamides is 1. The van der Waals surface area contributed by atoms with Gasteiger partial charge in [-0.25, -0.2) is 13.2 Å². The van der Waals surface area contributed by atoms with E-state index in [4.69, 9.17) is 14.2 Å². The third-order valence-corrected chi connectivity index (χ3v) is 9.44. The van der Waals surface area contributed by atoms with E-state index >= 15 is 0 Å². The Labute approximate surface area is 230 Å². The smallest absolute Gasteiger partial charge is 0.348 e. The number of amides is 1. The number of fused-ring (bicyclic) bond motifs is 2. The van der Waals surface area contributed by atoms with Crippen LogP contribution >= 0.6 is 11.3 Å². The van der Waals surface area contributed by atoms with Crippen molar-refractivity contribution in [3.05, 3.63) is 77.7 Å². The Hall–Kier alpha value is -4.09. The molecule has 5 rings (SSSR count). The Morgan fingerprint density at radius 2 is 1.79 bits per heavy atom. The Morgan fingerprint density at radius 1 is 1.05 bits per heavy atom. The SMILES string of the molecule is CCN(c1ccc2sc(C(=O)N3CC(C(=O)OC)Oc4ccccc43)cc2c1)S(=O)(=O)c1ccc(OC)cc1. The van der Waals surface area contributed by atoms with Crippen LogP contribution in [0.5, 0.6) is 11.5 Å². The molecule has 11 heteroatoms. The molecule has 1 aromatic heterocycles. The molecule has 2 heterocycles. The van der Waals surface area contributed by atoms with Gasteiger partial charge in [0.2, 0.25) is 6.10 Å². The van der Waals surface area contributed by atoms with Crippen molar-refractivity contribution >= 4 is 54.7 Å². The third kappa shape index (κ3) is 4.90. The maximum Gasteiger partial charge on any atom is 0.348 e. The van der Waals surface area contributed by atoms with E-state index in [1.165, 1.54) is 46.9 Å². The average molecular weight is 567 g/mol. The summed E-state index contributed by atoms with van der Waals surface area (Å²) in [6, 6.07) is 20.3. The minimum Gasteiger partial charge on any atom is -0.497 e. The van der Waals surface area contributed by atoms with Crippen LogP contribution in [0.1, 0.15) is 16.6 Å². The highest BCUT2D eigenvalue weighted by molar-refractivity contribution is 7.92. The molecular weight excluding hydrogens is 540 g/mol. The molecule has 0 spiro atoms. The summed E-state index contributed by atoms with van der Waals surface area (Å²) < 4.78 is 44.7. The van der Waals surface area contributed by atoms with Crippen molar-refractivity contribution in [2.24, 2.45) is 0 Å². The van der Waals surface area contributed by atoms with E-state index in [2.05, 4.69) is 0 Å². The van der Waals surface area contributed by atoms with Gasteiger partial charge in [-0.05, 0) is 73.0 Å². The summed E-state index contributed by atoms with van der Waals surface area (Å²) in [5, 5.41) is 0.732. The number of esters is 1. The van der Waals surface area contributed by atoms with Gasteiger partial charge in [-0.15, -0.1) is 11.3 Å². The van der Waals surface area contributed by atoms with Gasteiger partial charge in [-0.3, -0.25) is 14.0 Å². The number of thiophene rings is 1. The van der Waals surface area contributed by atoms with Crippen LogP contribution in [0.15, 0.2) is 77.7 Å². The molecular formula is C28H26N2O7S2. The standard InChI is InChI=1S/C28H26N2O7S2/c1-4-30(39(33,34)21-12-10-20(35-2)11-13-21)19-9-14-25-18(15-19)16-26(38-25)27(31)29-17-24(28(32)36-3)37-23-8-6-5-7-22(23)29/h5-16,24H,4,17H2,1-3H3. The molecule has 9 nitrogen and oxygen atoms in total. The molecule has 1 aliphatic heterocycles. The largest absolute Gasteiger partial charge is 0.497 e. The number of ether oxygens (including phenoxy) is 3. The zero-order valence-electron chi connectivity index (χ0n) is 21.5. The van der Waals surface area contributed by atoms with Crippen molar-refractivity contribution in [1.82, 2.24) is 0 Å². The molecule has 202 valence electrons. The lowest BCUT2D eigenvalue weighted by Crippen LogP contribution is -2.47. The monoisotopic (exact) mass is 566 g/mol. The third-order valence-electron chi connectivity index (χ3n) is 6.42. The van der Waals surface area contributed by atoms with Gasteiger partial charge in [-0.2, -0.15) is 0 Å². The van der Waals surface area contributed by atoms with Crippen molar-refractivity contribution in [3.63, 3.8) is 0 Å². The second kappa shape index (κ2) is 10.6. The number of carbonyl (C=O) groups excluding carboxylic acids is 2. The highest BCUT2D eigenvalue weighted by Crippen LogP contribution is 2.37. The molecule has 4 aromatic rings. The predicted molar refractivity (Wildman–Crippen MR) is 150 cm³/mol. The molecule has 0 radical (unpaired) electrons. The van der Waals surface area contributed by atoms with Crippen LogP contribution in [0.2, 0.25) is 0 Å². The number of hydrogen-bond donors (Lipinski definition) is 0. The number of hydrogen-bond acceptors (Lipinski definition) is 8. The zero-order chi connectivity index (χ0) is 27.7. The summed E-state index contributed by atoms with van der Waals surface area (Å²) in [7, 11) is -1.03. The van der Waals surface area contributed by atoms with Gasteiger partial charge in [-0.1, -0.05) is 12.1 Å². The summed E-state index contributed by atoms with van der Waals surface area (Å²) in [6.07, 6.45) is -0.948. The lowest BCUT2D eigenvalue weighted by atomic mass is 10.1. The van der Waals surface area contributed by atoms with Crippen molar-refractivity contribution in [2.75, 3.05) is 36.5 Å². The molecule has 0 saturated heterocycles. The Balaban J connectivity index is 1.47. The van der Waals surface area contributed by atoms with E-state index in [1.807, 2.05) is 6.07 Å². The maximum atomic E-state index is 13.7. The Bertz CT molecular complexity index is 1650. The number of nitrogens with zero attached hydrogens (tertiary/aromatic N) is 2. The first-order valence-electron chi connectivity index (χ1n) is 12.1. The number of methoxy groups -OCH3 is 2. The van der Waals surface area contributed by atoms with Crippen LogP contribution in [0, 0.1) is 0 Å². The average Bonchev–Trinajstić information content (AvgIpc) is 3.39. The summed E-state index contributed by atoms with van der Waals surface area (Å²) in [5.74, 6) is 0.120. The first kappa shape index (κ1) is 26.5. The molecule has 0 fully saturated rings. The number of anilines is 2. The van der Waals surface area contributed by atoms with Crippen molar-refractivity contribution in [2.45, 2.75) is 17.9 Å². The first-order chi connectivity index (χ1) is 18.8. The molecule has 1 amide bonds. The molecule has 0 N–H and O–H groups in total. The quantitative estimate of drug-likeness (QED) is 0.299. The number of rotatable bonds is 7. The molecule has 1 unspecified atom stereocenters. The molecule has 1 aliphatic rings. The zero-order valence-corrected chi connectivity index (χ0v) is 23.1. The minimum atomic E-state index is -3.83. The van der Waals surface area contributed by atoms with Gasteiger partial charge >= 0.3 is 5.97 Å². The van der Waals surface area contributed by atoms with E-state index in [9.17, 15) is 18.0 Å². The lowest BCUT2D eigenvalue weighted by Gasteiger charge is -2.33. The molecule has 0 bridgehead atoms. The van der Waals surface area contributed by atoms with Gasteiger partial charge in [0.1, 0.15) is 11.5 Å². The molecule has 39 heavy (non-hydrogen) atoms. The van der Waals surface area contributed by atoms with E-state index in [-0.39, 0.29) is 23.9 Å². The summed E-state index contributed by atoms with van der Waals surface area (Å²) >= 11 is 1.29. The molecule has 0 aliphatic carbocycles. The maximum absolute atomic E-state index is 13.7. The highest BCUT2D eigenvalue weighted by Gasteiger charge is 2.35. The van der Waals surface area contributed by atoms with E-state index in [0.29, 0.717) is 27.8 Å². The van der Waals surface area contributed by atoms with Crippen molar-refractivity contribution < 1.29 is 32.2 Å². The number of para-hydroxylation sites is 2. The summed E-state index contributed by atoms with van der Waals surface area (Å²) in [6.45, 7) is 1.99. The molecule has 3 aromatic carbocycles. The van der Waals surface area contributed by atoms with Crippen LogP contribution in [0.25, 0.3) is 10.1 Å². The van der Waals surface area contributed by atoms with Crippen molar-refractivity contribution in [1.29, 1.82) is 0 Å². The number of benzene rings is 3. The predicted octanol–water partition coefficient (Wildman–Crippen LogP) is 4.71. The summed E-state index contributed by atoms with van der Waals surface area (Å²) in [4.78, 5) is 28.0. The van der Waals surface area contributed by atoms with E-state index in [1.54, 1.807) is 61.5 Å². The van der Waals surface area contributed by atoms with Gasteiger partial charge < -0.3 is 14.2 Å². The second-order valence-electron chi connectivity index (χ2n) is 8.69. The van der Waals surface area contributed by atoms with Gasteiger partial charge in [0.15, 0.2) is 0 Å². The second-order valence-corrected chi connectivity index (χ2v) is 11.6. The fourth-order valence-electron chi connectivity index (χ4n) is 4.47. The lowest BCUT2D eigenvalue weighted by molar-refractivity contribution is -0.148. The van der Waals surface area contributed by atoms with Crippen LogP contribution in [-0.2, 0) is 19.6 Å². The van der Waals surface area contributed by atoms with Crippen LogP contribution in [0.3, 0.4) is 0 Å². The normalized spacial score (nSPS) is 14.8. The fraction of sp³-hybridized carbons (Fsp3) is 0.214. The van der Waals surface area contributed by atoms with Crippen LogP contribution in [-0.4, -0.2) is 53.7 Å².